The molecule has 1 aliphatic heterocycles. The van der Waals surface area contributed by atoms with Crippen LogP contribution in [-0.2, 0) is 16.1 Å². The molecule has 0 saturated carbocycles. The van der Waals surface area contributed by atoms with Crippen LogP contribution < -0.4 is 10.1 Å². The number of ether oxygens (including phenoxy) is 2. The first-order chi connectivity index (χ1) is 13.2. The molecule has 0 fully saturated rings. The smallest absolute Gasteiger partial charge is 0.327 e. The van der Waals surface area contributed by atoms with Crippen molar-refractivity contribution in [2.24, 2.45) is 0 Å². The quantitative estimate of drug-likeness (QED) is 0.688. The minimum absolute atomic E-state index is 0.00777. The summed E-state index contributed by atoms with van der Waals surface area (Å²) in [6.45, 7) is 0.608. The van der Waals surface area contributed by atoms with Crippen molar-refractivity contribution in [2.75, 3.05) is 19.0 Å². The van der Waals surface area contributed by atoms with Crippen LogP contribution in [0, 0.1) is 0 Å². The number of fused-ring (bicyclic) bond motifs is 2. The highest BCUT2D eigenvalue weighted by Crippen LogP contribution is 2.38. The molecule has 140 valence electrons. The molecule has 0 aliphatic carbocycles. The number of halogens is 1. The van der Waals surface area contributed by atoms with Crippen LogP contribution in [0.4, 0.5) is 5.82 Å². The van der Waals surface area contributed by atoms with E-state index in [2.05, 4.69) is 20.4 Å². The van der Waals surface area contributed by atoms with Gasteiger partial charge in [-0.3, -0.25) is 4.79 Å². The molecule has 3 aromatic rings. The fraction of sp³-hybridized carbons (Fsp3) is 0.333. The maximum absolute atomic E-state index is 11.6. The third-order valence-corrected chi connectivity index (χ3v) is 4.81. The van der Waals surface area contributed by atoms with Gasteiger partial charge in [0.05, 0.1) is 36.4 Å². The van der Waals surface area contributed by atoms with Crippen LogP contribution >= 0.6 is 11.6 Å². The van der Waals surface area contributed by atoms with Crippen molar-refractivity contribution >= 4 is 34.4 Å². The highest BCUT2D eigenvalue weighted by atomic mass is 35.5. The number of aromatic nitrogens is 4. The van der Waals surface area contributed by atoms with E-state index >= 15 is 0 Å². The molecule has 0 saturated heterocycles. The van der Waals surface area contributed by atoms with Gasteiger partial charge >= 0.3 is 5.97 Å². The SMILES string of the molecule is COC(=O)Cn1ncc2c(NC3CCCOc4c(Cl)cccc43)ncnc21. The number of benzene rings is 1. The Labute approximate surface area is 160 Å². The monoisotopic (exact) mass is 387 g/mol. The molecule has 0 amide bonds. The minimum Gasteiger partial charge on any atom is -0.492 e. The van der Waals surface area contributed by atoms with Gasteiger partial charge in [-0.05, 0) is 18.9 Å². The summed E-state index contributed by atoms with van der Waals surface area (Å²) in [5.41, 5.74) is 1.56. The molecule has 9 heteroatoms. The molecular formula is C18H18ClN5O3. The third kappa shape index (κ3) is 3.40. The van der Waals surface area contributed by atoms with E-state index < -0.39 is 5.97 Å². The van der Waals surface area contributed by atoms with Gasteiger partial charge in [-0.1, -0.05) is 23.7 Å². The fourth-order valence-electron chi connectivity index (χ4n) is 3.19. The summed E-state index contributed by atoms with van der Waals surface area (Å²) in [5, 5.41) is 9.04. The standard InChI is InChI=1S/C18H18ClN5O3/c1-26-15(25)9-24-18-12(8-22-24)17(20-10-21-18)23-14-6-3-7-27-16-11(14)4-2-5-13(16)19/h2,4-5,8,10,14H,3,6-7,9H2,1H3,(H,20,21,23). The maximum atomic E-state index is 11.6. The first-order valence-electron chi connectivity index (χ1n) is 8.58. The Kier molecular flexibility index (Phi) is 4.81. The van der Waals surface area contributed by atoms with Crippen LogP contribution in [-0.4, -0.2) is 39.4 Å². The highest BCUT2D eigenvalue weighted by molar-refractivity contribution is 6.32. The largest absolute Gasteiger partial charge is 0.492 e. The Morgan fingerprint density at radius 2 is 2.33 bits per heavy atom. The highest BCUT2D eigenvalue weighted by Gasteiger charge is 2.23. The van der Waals surface area contributed by atoms with Gasteiger partial charge in [-0.25, -0.2) is 14.6 Å². The summed E-state index contributed by atoms with van der Waals surface area (Å²) in [7, 11) is 1.34. The summed E-state index contributed by atoms with van der Waals surface area (Å²) < 4.78 is 12.0. The van der Waals surface area contributed by atoms with Gasteiger partial charge in [0, 0.05) is 5.56 Å². The number of methoxy groups -OCH3 is 1. The van der Waals surface area contributed by atoms with Crippen LogP contribution in [0.3, 0.4) is 0 Å². The van der Waals surface area contributed by atoms with E-state index in [0.717, 1.165) is 23.8 Å². The van der Waals surface area contributed by atoms with Gasteiger partial charge in [-0.15, -0.1) is 0 Å². The van der Waals surface area contributed by atoms with E-state index in [1.54, 1.807) is 6.20 Å². The van der Waals surface area contributed by atoms with Crippen LogP contribution in [0.25, 0.3) is 11.0 Å². The molecule has 1 N–H and O–H groups in total. The van der Waals surface area contributed by atoms with Crippen molar-refractivity contribution in [3.05, 3.63) is 41.3 Å². The van der Waals surface area contributed by atoms with Crippen molar-refractivity contribution < 1.29 is 14.3 Å². The number of carbonyl (C=O) groups is 1. The third-order valence-electron chi connectivity index (χ3n) is 4.51. The summed E-state index contributed by atoms with van der Waals surface area (Å²) in [5.74, 6) is 0.965. The Balaban J connectivity index is 1.68. The van der Waals surface area contributed by atoms with Gasteiger partial charge in [-0.2, -0.15) is 5.10 Å². The number of anilines is 1. The van der Waals surface area contributed by atoms with Crippen LogP contribution in [0.5, 0.6) is 5.75 Å². The van der Waals surface area contributed by atoms with E-state index in [4.69, 9.17) is 21.1 Å². The molecule has 1 atom stereocenters. The van der Waals surface area contributed by atoms with E-state index in [9.17, 15) is 4.79 Å². The van der Waals surface area contributed by atoms with Gasteiger partial charge in [0.15, 0.2) is 5.65 Å². The molecule has 1 aliphatic rings. The molecule has 3 heterocycles. The zero-order chi connectivity index (χ0) is 18.8. The van der Waals surface area contributed by atoms with Gasteiger partial charge in [0.1, 0.15) is 24.4 Å². The normalized spacial score (nSPS) is 16.3. The van der Waals surface area contributed by atoms with Crippen LogP contribution in [0.1, 0.15) is 24.4 Å². The summed E-state index contributed by atoms with van der Waals surface area (Å²) in [4.78, 5) is 20.2. The Hall–Kier alpha value is -2.87. The second-order valence-electron chi connectivity index (χ2n) is 6.18. The van der Waals surface area contributed by atoms with Crippen molar-refractivity contribution in [1.82, 2.24) is 19.7 Å². The summed E-state index contributed by atoms with van der Waals surface area (Å²) in [6, 6.07) is 5.73. The predicted octanol–water partition coefficient (Wildman–Crippen LogP) is 2.98. The molecule has 1 aromatic carbocycles. The molecule has 2 aromatic heterocycles. The van der Waals surface area contributed by atoms with Crippen molar-refractivity contribution in [3.63, 3.8) is 0 Å². The lowest BCUT2D eigenvalue weighted by Gasteiger charge is -2.19. The van der Waals surface area contributed by atoms with Crippen molar-refractivity contribution in [2.45, 2.75) is 25.4 Å². The van der Waals surface area contributed by atoms with Gasteiger partial charge in [0.2, 0.25) is 0 Å². The van der Waals surface area contributed by atoms with Crippen molar-refractivity contribution in [1.29, 1.82) is 0 Å². The Morgan fingerprint density at radius 1 is 1.44 bits per heavy atom. The van der Waals surface area contributed by atoms with Crippen LogP contribution in [0.2, 0.25) is 5.02 Å². The van der Waals surface area contributed by atoms with Crippen molar-refractivity contribution in [3.8, 4) is 5.75 Å². The van der Waals surface area contributed by atoms with E-state index in [1.165, 1.54) is 18.1 Å². The van der Waals surface area contributed by atoms with Crippen LogP contribution in [0.15, 0.2) is 30.7 Å². The summed E-state index contributed by atoms with van der Waals surface area (Å²) in [6.07, 6.45) is 4.85. The first kappa shape index (κ1) is 17.5. The number of rotatable bonds is 4. The zero-order valence-electron chi connectivity index (χ0n) is 14.7. The Morgan fingerprint density at radius 3 is 3.19 bits per heavy atom. The van der Waals surface area contributed by atoms with Gasteiger partial charge < -0.3 is 14.8 Å². The molecule has 1 unspecified atom stereocenters. The number of para-hydroxylation sites is 1. The average Bonchev–Trinajstić information content (AvgIpc) is 2.97. The van der Waals surface area contributed by atoms with E-state index in [1.807, 2.05) is 18.2 Å². The maximum Gasteiger partial charge on any atom is 0.327 e. The molecule has 27 heavy (non-hydrogen) atoms. The molecule has 8 nitrogen and oxygen atoms in total. The number of carbonyl (C=O) groups excluding carboxylic acids is 1. The number of hydrogen-bond donors (Lipinski definition) is 1. The lowest BCUT2D eigenvalue weighted by atomic mass is 10.0. The Bertz CT molecular complexity index is 990. The topological polar surface area (TPSA) is 91.2 Å². The number of esters is 1. The van der Waals surface area contributed by atoms with E-state index in [-0.39, 0.29) is 12.6 Å². The predicted molar refractivity (Wildman–Crippen MR) is 99.9 cm³/mol. The molecule has 4 rings (SSSR count). The molecular weight excluding hydrogens is 370 g/mol. The first-order valence-corrected chi connectivity index (χ1v) is 8.96. The fourth-order valence-corrected chi connectivity index (χ4v) is 3.43. The minimum atomic E-state index is -0.391. The second-order valence-corrected chi connectivity index (χ2v) is 6.59. The molecule has 0 bridgehead atoms. The average molecular weight is 388 g/mol. The number of nitrogens with zero attached hydrogens (tertiary/aromatic N) is 4. The lowest BCUT2D eigenvalue weighted by Crippen LogP contribution is -2.14. The molecule has 0 radical (unpaired) electrons. The van der Waals surface area contributed by atoms with Gasteiger partial charge in [0.25, 0.3) is 0 Å². The molecule has 0 spiro atoms. The van der Waals surface area contributed by atoms with E-state index in [0.29, 0.717) is 28.8 Å². The number of nitrogens with one attached hydrogen (secondary N) is 1. The lowest BCUT2D eigenvalue weighted by molar-refractivity contribution is -0.141. The number of hydrogen-bond acceptors (Lipinski definition) is 7. The zero-order valence-corrected chi connectivity index (χ0v) is 15.4. The second kappa shape index (κ2) is 7.40. The summed E-state index contributed by atoms with van der Waals surface area (Å²) >= 11 is 6.31.